The number of anilines is 1. The van der Waals surface area contributed by atoms with Gasteiger partial charge in [0.1, 0.15) is 23.9 Å². The zero-order valence-corrected chi connectivity index (χ0v) is 22.4. The summed E-state index contributed by atoms with van der Waals surface area (Å²) in [6.07, 6.45) is -10.2. The number of furan rings is 1. The molecule has 222 valence electrons. The van der Waals surface area contributed by atoms with Crippen LogP contribution in [0.15, 0.2) is 59.0 Å². The normalized spacial score (nSPS) is 12.4. The number of amides is 1. The van der Waals surface area contributed by atoms with Crippen LogP contribution < -0.4 is 10.6 Å². The first-order chi connectivity index (χ1) is 19.5. The van der Waals surface area contributed by atoms with Gasteiger partial charge in [-0.1, -0.05) is 32.0 Å². The molecular weight excluding hydrogens is 571 g/mol. The molecule has 6 nitrogen and oxygen atoms in total. The van der Waals surface area contributed by atoms with E-state index in [1.54, 1.807) is 0 Å². The predicted molar refractivity (Wildman–Crippen MR) is 142 cm³/mol. The summed E-state index contributed by atoms with van der Waals surface area (Å²) < 4.78 is 99.0. The van der Waals surface area contributed by atoms with Gasteiger partial charge in [-0.15, -0.1) is 0 Å². The van der Waals surface area contributed by atoms with Gasteiger partial charge in [-0.05, 0) is 42.0 Å². The maximum absolute atomic E-state index is 13.5. The molecule has 2 aromatic heterocycles. The highest BCUT2D eigenvalue weighted by atomic mass is 19.4. The van der Waals surface area contributed by atoms with E-state index in [-0.39, 0.29) is 44.9 Å². The maximum atomic E-state index is 13.5. The number of fused-ring (bicyclic) bond motifs is 1. The number of nitrogens with zero attached hydrogens (tertiary/aromatic N) is 1. The molecule has 0 saturated carbocycles. The zero-order chi connectivity index (χ0) is 31.0. The molecule has 0 unspecified atom stereocenters. The molecule has 0 saturated heterocycles. The fraction of sp³-hybridized carbons (Fsp3) is 0.276. The SMILES string of the molecule is CNC(=O)c1c(-c2ccc(F)cc2)oc2nc(NCC(F)(F)F)c(-c3cccc(C(=O)CC(C)(C)C(F)(F)F)c3)cc12. The van der Waals surface area contributed by atoms with Crippen LogP contribution in [0.5, 0.6) is 0 Å². The second kappa shape index (κ2) is 11.1. The van der Waals surface area contributed by atoms with E-state index in [4.69, 9.17) is 4.42 Å². The lowest BCUT2D eigenvalue weighted by Crippen LogP contribution is -2.34. The van der Waals surface area contributed by atoms with Crippen LogP contribution >= 0.6 is 0 Å². The fourth-order valence-corrected chi connectivity index (χ4v) is 4.18. The monoisotopic (exact) mass is 595 g/mol. The summed E-state index contributed by atoms with van der Waals surface area (Å²) in [5.41, 5.74) is -2.20. The molecule has 0 radical (unpaired) electrons. The first-order valence-electron chi connectivity index (χ1n) is 12.5. The van der Waals surface area contributed by atoms with Crippen molar-refractivity contribution in [1.29, 1.82) is 0 Å². The van der Waals surface area contributed by atoms with Gasteiger partial charge in [-0.25, -0.2) is 4.39 Å². The molecule has 2 aromatic carbocycles. The molecule has 42 heavy (non-hydrogen) atoms. The largest absolute Gasteiger partial charge is 0.437 e. The molecule has 1 amide bonds. The van der Waals surface area contributed by atoms with Gasteiger partial charge >= 0.3 is 12.4 Å². The van der Waals surface area contributed by atoms with Gasteiger partial charge in [-0.2, -0.15) is 31.3 Å². The Hall–Kier alpha value is -4.42. The van der Waals surface area contributed by atoms with Gasteiger partial charge in [0.25, 0.3) is 5.91 Å². The Kier molecular flexibility index (Phi) is 8.07. The number of aromatic nitrogens is 1. The van der Waals surface area contributed by atoms with Gasteiger partial charge in [0.05, 0.1) is 16.4 Å². The average molecular weight is 596 g/mol. The van der Waals surface area contributed by atoms with Gasteiger partial charge in [0.2, 0.25) is 5.71 Å². The Balaban J connectivity index is 1.90. The third-order valence-corrected chi connectivity index (χ3v) is 6.56. The number of nitrogens with one attached hydrogen (secondary N) is 2. The van der Waals surface area contributed by atoms with Crippen molar-refractivity contribution in [3.63, 3.8) is 0 Å². The van der Waals surface area contributed by atoms with E-state index in [2.05, 4.69) is 15.6 Å². The molecule has 0 aliphatic rings. The number of carbonyl (C=O) groups excluding carboxylic acids is 2. The molecule has 2 heterocycles. The number of ketones is 1. The van der Waals surface area contributed by atoms with Gasteiger partial charge < -0.3 is 15.1 Å². The lowest BCUT2D eigenvalue weighted by Gasteiger charge is -2.26. The molecular formula is C29H24F7N3O3. The number of alkyl halides is 6. The van der Waals surface area contributed by atoms with Crippen molar-refractivity contribution in [2.75, 3.05) is 18.9 Å². The molecule has 2 N–H and O–H groups in total. The summed E-state index contributed by atoms with van der Waals surface area (Å²) in [5, 5.41) is 4.74. The van der Waals surface area contributed by atoms with Crippen LogP contribution in [0, 0.1) is 11.2 Å². The van der Waals surface area contributed by atoms with Crippen LogP contribution in [-0.2, 0) is 0 Å². The zero-order valence-electron chi connectivity index (χ0n) is 22.4. The number of halogens is 7. The Morgan fingerprint density at radius 2 is 1.60 bits per heavy atom. The summed E-state index contributed by atoms with van der Waals surface area (Å²) in [5.74, 6) is -2.35. The van der Waals surface area contributed by atoms with E-state index in [0.29, 0.717) is 5.56 Å². The van der Waals surface area contributed by atoms with E-state index >= 15 is 0 Å². The maximum Gasteiger partial charge on any atom is 0.405 e. The lowest BCUT2D eigenvalue weighted by molar-refractivity contribution is -0.210. The van der Waals surface area contributed by atoms with Crippen molar-refractivity contribution in [3.8, 4) is 22.5 Å². The minimum absolute atomic E-state index is 0.0194. The first-order valence-corrected chi connectivity index (χ1v) is 12.5. The average Bonchev–Trinajstić information content (AvgIpc) is 3.28. The molecule has 0 spiro atoms. The van der Waals surface area contributed by atoms with Gasteiger partial charge in [0.15, 0.2) is 5.78 Å². The van der Waals surface area contributed by atoms with Crippen LogP contribution in [0.4, 0.5) is 36.6 Å². The standard InChI is InChI=1S/C29H24F7N3O3/c1-27(2,29(34,35)36)13-21(40)17-6-4-5-16(11-17)19-12-20-22(25(41)37-3)23(15-7-9-18(30)10-8-15)42-26(20)39-24(19)38-14-28(31,32)33/h4-12H,13-14H2,1-3H3,(H,37,41)(H,38,39). The minimum atomic E-state index is -4.65. The second-order valence-electron chi connectivity index (χ2n) is 10.2. The van der Waals surface area contributed by atoms with E-state index in [1.165, 1.54) is 49.5 Å². The number of carbonyl (C=O) groups is 2. The van der Waals surface area contributed by atoms with E-state index in [0.717, 1.165) is 26.0 Å². The lowest BCUT2D eigenvalue weighted by atomic mass is 9.84. The molecule has 0 fully saturated rings. The second-order valence-corrected chi connectivity index (χ2v) is 10.2. The third kappa shape index (κ3) is 6.39. The number of rotatable bonds is 8. The summed E-state index contributed by atoms with van der Waals surface area (Å²) >= 11 is 0. The van der Waals surface area contributed by atoms with Crippen molar-refractivity contribution in [3.05, 3.63) is 71.5 Å². The molecule has 0 atom stereocenters. The highest BCUT2D eigenvalue weighted by Gasteiger charge is 2.48. The quantitative estimate of drug-likeness (QED) is 0.161. The van der Waals surface area contributed by atoms with Crippen molar-refractivity contribution < 1.29 is 44.7 Å². The fourth-order valence-electron chi connectivity index (χ4n) is 4.18. The number of Topliss-reactive ketones (excluding diaryl/α,β-unsaturated/α-hetero) is 1. The molecule has 4 aromatic rings. The number of hydrogen-bond donors (Lipinski definition) is 2. The first kappa shape index (κ1) is 30.5. The summed E-state index contributed by atoms with van der Waals surface area (Å²) in [7, 11) is 1.35. The summed E-state index contributed by atoms with van der Waals surface area (Å²) in [4.78, 5) is 30.0. The van der Waals surface area contributed by atoms with Crippen LogP contribution in [0.1, 0.15) is 41.0 Å². The Morgan fingerprint density at radius 3 is 2.19 bits per heavy atom. The van der Waals surface area contributed by atoms with Gasteiger partial charge in [0, 0.05) is 30.2 Å². The summed E-state index contributed by atoms with van der Waals surface area (Å²) in [6, 6.07) is 11.7. The van der Waals surface area contributed by atoms with Crippen LogP contribution in [-0.4, -0.2) is 42.6 Å². The Bertz CT molecular complexity index is 1640. The van der Waals surface area contributed by atoms with Crippen molar-refractivity contribution in [1.82, 2.24) is 10.3 Å². The molecule has 13 heteroatoms. The van der Waals surface area contributed by atoms with Gasteiger partial charge in [-0.3, -0.25) is 9.59 Å². The third-order valence-electron chi connectivity index (χ3n) is 6.56. The molecule has 0 bridgehead atoms. The van der Waals surface area contributed by atoms with Crippen LogP contribution in [0.25, 0.3) is 33.6 Å². The minimum Gasteiger partial charge on any atom is -0.437 e. The Morgan fingerprint density at radius 1 is 0.929 bits per heavy atom. The predicted octanol–water partition coefficient (Wildman–Crippen LogP) is 7.80. The van der Waals surface area contributed by atoms with E-state index < -0.39 is 48.2 Å². The summed E-state index contributed by atoms with van der Waals surface area (Å²) in [6.45, 7) is 0.290. The highest BCUT2D eigenvalue weighted by molar-refractivity contribution is 6.11. The molecule has 4 rings (SSSR count). The molecule has 0 aliphatic carbocycles. The van der Waals surface area contributed by atoms with Crippen molar-refractivity contribution in [2.45, 2.75) is 32.6 Å². The van der Waals surface area contributed by atoms with Crippen LogP contribution in [0.3, 0.4) is 0 Å². The number of pyridine rings is 1. The number of hydrogen-bond acceptors (Lipinski definition) is 5. The molecule has 0 aliphatic heterocycles. The Labute approximate surface area is 234 Å². The highest BCUT2D eigenvalue weighted by Crippen LogP contribution is 2.42. The van der Waals surface area contributed by atoms with E-state index in [1.807, 2.05) is 0 Å². The van der Waals surface area contributed by atoms with E-state index in [9.17, 15) is 40.3 Å². The number of benzene rings is 2. The van der Waals surface area contributed by atoms with Crippen molar-refractivity contribution in [2.24, 2.45) is 5.41 Å². The smallest absolute Gasteiger partial charge is 0.405 e. The van der Waals surface area contributed by atoms with Crippen molar-refractivity contribution >= 4 is 28.6 Å². The topological polar surface area (TPSA) is 84.2 Å². The van der Waals surface area contributed by atoms with Crippen LogP contribution in [0.2, 0.25) is 0 Å².